The summed E-state index contributed by atoms with van der Waals surface area (Å²) in [5, 5.41) is 0. The molecule has 1 aliphatic rings. The first-order chi connectivity index (χ1) is 6.77. The van der Waals surface area contributed by atoms with E-state index in [0.29, 0.717) is 18.9 Å². The molecule has 2 rings (SSSR count). The van der Waals surface area contributed by atoms with Gasteiger partial charge in [0.25, 0.3) is 0 Å². The van der Waals surface area contributed by atoms with Gasteiger partial charge < -0.3 is 9.64 Å². The molecule has 0 radical (unpaired) electrons. The third-order valence-electron chi connectivity index (χ3n) is 2.79. The van der Waals surface area contributed by atoms with Crippen LogP contribution in [0.4, 0.5) is 5.69 Å². The van der Waals surface area contributed by atoms with Crippen molar-refractivity contribution in [3.05, 3.63) is 30.3 Å². The summed E-state index contributed by atoms with van der Waals surface area (Å²) in [6, 6.07) is 11.0. The molecule has 2 heteroatoms. The number of rotatable bonds is 1. The predicted octanol–water partition coefficient (Wildman–Crippen LogP) is 2.65. The molecule has 0 amide bonds. The van der Waals surface area contributed by atoms with Crippen LogP contribution in [0.3, 0.4) is 0 Å². The maximum absolute atomic E-state index is 5.64. The standard InChI is InChI=1S/C12H17NO/c1-10-8-11(2)14-9-13(10)12-6-4-3-5-7-12/h3-7,10-11H,8-9H2,1-2H3/t10-,11+/m0/s1. The number of anilines is 1. The van der Waals surface area contributed by atoms with Crippen LogP contribution < -0.4 is 4.90 Å². The summed E-state index contributed by atoms with van der Waals surface area (Å²) in [7, 11) is 0. The second-order valence-electron chi connectivity index (χ2n) is 4.00. The van der Waals surface area contributed by atoms with Crippen molar-refractivity contribution in [1.29, 1.82) is 0 Å². The van der Waals surface area contributed by atoms with Gasteiger partial charge in [-0.1, -0.05) is 18.2 Å². The topological polar surface area (TPSA) is 12.5 Å². The number of benzene rings is 1. The van der Waals surface area contributed by atoms with Crippen molar-refractivity contribution < 1.29 is 4.74 Å². The fourth-order valence-corrected chi connectivity index (χ4v) is 1.96. The Hall–Kier alpha value is -1.02. The van der Waals surface area contributed by atoms with Crippen LogP contribution in [0.25, 0.3) is 0 Å². The SMILES string of the molecule is C[C@@H]1C[C@H](C)N(c2ccccc2)CO1. The van der Waals surface area contributed by atoms with Gasteiger partial charge in [0.2, 0.25) is 0 Å². The highest BCUT2D eigenvalue weighted by molar-refractivity contribution is 5.46. The molecule has 1 fully saturated rings. The van der Waals surface area contributed by atoms with E-state index in [0.717, 1.165) is 6.42 Å². The minimum absolute atomic E-state index is 0.393. The van der Waals surface area contributed by atoms with Gasteiger partial charge in [-0.05, 0) is 32.4 Å². The van der Waals surface area contributed by atoms with Crippen molar-refractivity contribution in [2.45, 2.75) is 32.4 Å². The van der Waals surface area contributed by atoms with E-state index >= 15 is 0 Å². The van der Waals surface area contributed by atoms with Crippen molar-refractivity contribution >= 4 is 5.69 Å². The number of ether oxygens (including phenoxy) is 1. The van der Waals surface area contributed by atoms with Gasteiger partial charge in [0.05, 0.1) is 6.10 Å². The molecule has 1 aliphatic heterocycles. The molecule has 0 N–H and O–H groups in total. The smallest absolute Gasteiger partial charge is 0.119 e. The lowest BCUT2D eigenvalue weighted by Crippen LogP contribution is -2.43. The van der Waals surface area contributed by atoms with Crippen LogP contribution in [-0.2, 0) is 4.74 Å². The van der Waals surface area contributed by atoms with Gasteiger partial charge in [0, 0.05) is 11.7 Å². The van der Waals surface area contributed by atoms with Crippen molar-refractivity contribution in [2.75, 3.05) is 11.6 Å². The molecule has 14 heavy (non-hydrogen) atoms. The van der Waals surface area contributed by atoms with Crippen LogP contribution in [0, 0.1) is 0 Å². The maximum atomic E-state index is 5.64. The fraction of sp³-hybridized carbons (Fsp3) is 0.500. The molecule has 1 saturated heterocycles. The van der Waals surface area contributed by atoms with Gasteiger partial charge in [-0.3, -0.25) is 0 Å². The van der Waals surface area contributed by atoms with Gasteiger partial charge in [0.15, 0.2) is 0 Å². The van der Waals surface area contributed by atoms with Gasteiger partial charge in [0.1, 0.15) is 6.73 Å². The molecule has 0 spiro atoms. The zero-order valence-corrected chi connectivity index (χ0v) is 8.81. The van der Waals surface area contributed by atoms with Crippen molar-refractivity contribution in [3.8, 4) is 0 Å². The molecule has 1 aromatic carbocycles. The fourth-order valence-electron chi connectivity index (χ4n) is 1.96. The minimum Gasteiger partial charge on any atom is -0.358 e. The van der Waals surface area contributed by atoms with Crippen LogP contribution in [0.5, 0.6) is 0 Å². The number of para-hydroxylation sites is 1. The van der Waals surface area contributed by atoms with Crippen LogP contribution >= 0.6 is 0 Å². The molecule has 1 aromatic rings. The van der Waals surface area contributed by atoms with Gasteiger partial charge in [-0.15, -0.1) is 0 Å². The molecule has 0 unspecified atom stereocenters. The van der Waals surface area contributed by atoms with Crippen LogP contribution in [0.15, 0.2) is 30.3 Å². The molecule has 0 aromatic heterocycles. The van der Waals surface area contributed by atoms with E-state index < -0.39 is 0 Å². The molecule has 0 aliphatic carbocycles. The average molecular weight is 191 g/mol. The van der Waals surface area contributed by atoms with Crippen LogP contribution in [-0.4, -0.2) is 18.9 Å². The Kier molecular flexibility index (Phi) is 2.73. The second kappa shape index (κ2) is 4.01. The van der Waals surface area contributed by atoms with E-state index in [1.807, 2.05) is 6.07 Å². The van der Waals surface area contributed by atoms with Crippen molar-refractivity contribution in [1.82, 2.24) is 0 Å². The lowest BCUT2D eigenvalue weighted by molar-refractivity contribution is 0.0237. The third-order valence-corrected chi connectivity index (χ3v) is 2.79. The van der Waals surface area contributed by atoms with E-state index in [1.165, 1.54) is 5.69 Å². The van der Waals surface area contributed by atoms with Crippen molar-refractivity contribution in [3.63, 3.8) is 0 Å². The molecular weight excluding hydrogens is 174 g/mol. The summed E-state index contributed by atoms with van der Waals surface area (Å²) in [5.74, 6) is 0. The second-order valence-corrected chi connectivity index (χ2v) is 4.00. The first-order valence-corrected chi connectivity index (χ1v) is 5.20. The number of hydrogen-bond donors (Lipinski definition) is 0. The molecule has 0 bridgehead atoms. The van der Waals surface area contributed by atoms with E-state index in [9.17, 15) is 0 Å². The lowest BCUT2D eigenvalue weighted by atomic mass is 10.1. The summed E-state index contributed by atoms with van der Waals surface area (Å²) in [4.78, 5) is 2.31. The Labute approximate surface area is 85.5 Å². The Balaban J connectivity index is 2.12. The monoisotopic (exact) mass is 191 g/mol. The lowest BCUT2D eigenvalue weighted by Gasteiger charge is -2.38. The molecule has 2 nitrogen and oxygen atoms in total. The van der Waals surface area contributed by atoms with E-state index in [4.69, 9.17) is 4.74 Å². The van der Waals surface area contributed by atoms with E-state index in [2.05, 4.69) is 43.0 Å². The Morgan fingerprint density at radius 2 is 1.93 bits per heavy atom. The van der Waals surface area contributed by atoms with Gasteiger partial charge >= 0.3 is 0 Å². The predicted molar refractivity (Wildman–Crippen MR) is 58.4 cm³/mol. The first-order valence-electron chi connectivity index (χ1n) is 5.20. The normalized spacial score (nSPS) is 27.7. The van der Waals surface area contributed by atoms with Crippen molar-refractivity contribution in [2.24, 2.45) is 0 Å². The minimum atomic E-state index is 0.393. The summed E-state index contributed by atoms with van der Waals surface area (Å²) in [6.07, 6.45) is 1.50. The van der Waals surface area contributed by atoms with Gasteiger partial charge in [-0.25, -0.2) is 0 Å². The summed E-state index contributed by atoms with van der Waals surface area (Å²) in [5.41, 5.74) is 1.26. The molecule has 76 valence electrons. The van der Waals surface area contributed by atoms with E-state index in [1.54, 1.807) is 0 Å². The van der Waals surface area contributed by atoms with Crippen LogP contribution in [0.1, 0.15) is 20.3 Å². The molecule has 0 saturated carbocycles. The summed E-state index contributed by atoms with van der Waals surface area (Å²) >= 11 is 0. The van der Waals surface area contributed by atoms with Gasteiger partial charge in [-0.2, -0.15) is 0 Å². The molecule has 1 heterocycles. The quantitative estimate of drug-likeness (QED) is 0.676. The largest absolute Gasteiger partial charge is 0.358 e. The average Bonchev–Trinajstić information content (AvgIpc) is 2.19. The summed E-state index contributed by atoms with van der Waals surface area (Å²) in [6.45, 7) is 5.11. The van der Waals surface area contributed by atoms with E-state index in [-0.39, 0.29) is 0 Å². The third kappa shape index (κ3) is 1.90. The Morgan fingerprint density at radius 3 is 2.57 bits per heavy atom. The van der Waals surface area contributed by atoms with Crippen LogP contribution in [0.2, 0.25) is 0 Å². The number of nitrogens with zero attached hydrogens (tertiary/aromatic N) is 1. The maximum Gasteiger partial charge on any atom is 0.119 e. The Bertz CT molecular complexity index is 286. The Morgan fingerprint density at radius 1 is 1.21 bits per heavy atom. The zero-order chi connectivity index (χ0) is 9.97. The zero-order valence-electron chi connectivity index (χ0n) is 8.81. The molecule has 2 atom stereocenters. The highest BCUT2D eigenvalue weighted by atomic mass is 16.5. The first kappa shape index (κ1) is 9.53. The number of hydrogen-bond acceptors (Lipinski definition) is 2. The highest BCUT2D eigenvalue weighted by Gasteiger charge is 2.22. The molecular formula is C12H17NO. The highest BCUT2D eigenvalue weighted by Crippen LogP contribution is 2.23. The summed E-state index contributed by atoms with van der Waals surface area (Å²) < 4.78 is 5.64.